The molecule has 1 amide bonds. The lowest BCUT2D eigenvalue weighted by Gasteiger charge is -2.21. The van der Waals surface area contributed by atoms with Crippen LogP contribution in [0, 0.1) is 0 Å². The monoisotopic (exact) mass is 268 g/mol. The molecule has 1 aromatic heterocycles. The highest BCUT2D eigenvalue weighted by Crippen LogP contribution is 2.12. The fourth-order valence-electron chi connectivity index (χ4n) is 1.46. The molecule has 1 heterocycles. The molecule has 0 saturated carbocycles. The molecule has 1 aromatic rings. The van der Waals surface area contributed by atoms with Crippen LogP contribution < -0.4 is 20.7 Å². The Bertz CT molecular complexity index is 437. The molecular weight excluding hydrogens is 248 g/mol. The lowest BCUT2D eigenvalue weighted by molar-refractivity contribution is -0.120. The molecule has 1 rings (SSSR count). The number of anilines is 2. The van der Waals surface area contributed by atoms with Gasteiger partial charge in [0.25, 0.3) is 0 Å². The zero-order valence-electron chi connectivity index (χ0n) is 11.7. The number of nitrogens with zero attached hydrogens (tertiary/aromatic N) is 4. The number of nitrogen functional groups attached to an aromatic ring is 1. The summed E-state index contributed by atoms with van der Waals surface area (Å²) in [6, 6.07) is 0.217. The van der Waals surface area contributed by atoms with E-state index in [1.165, 1.54) is 7.11 Å². The number of nitrogens with one attached hydrogen (secondary N) is 1. The molecule has 0 radical (unpaired) electrons. The molecule has 8 nitrogen and oxygen atoms in total. The predicted octanol–water partition coefficient (Wildman–Crippen LogP) is -0.187. The number of likely N-dealkylation sites (N-methyl/N-ethyl adjacent to an activating group) is 1. The highest BCUT2D eigenvalue weighted by atomic mass is 16.5. The van der Waals surface area contributed by atoms with Gasteiger partial charge in [-0.05, 0) is 20.8 Å². The Kier molecular flexibility index (Phi) is 5.28. The summed E-state index contributed by atoms with van der Waals surface area (Å²) in [6.07, 6.45) is 0. The average Bonchev–Trinajstić information content (AvgIpc) is 2.34. The first-order valence-electron chi connectivity index (χ1n) is 6.06. The molecule has 0 aromatic carbocycles. The van der Waals surface area contributed by atoms with Crippen LogP contribution in [0.1, 0.15) is 20.8 Å². The summed E-state index contributed by atoms with van der Waals surface area (Å²) in [5.41, 5.74) is 5.57. The van der Waals surface area contributed by atoms with E-state index in [0.717, 1.165) is 0 Å². The van der Waals surface area contributed by atoms with Crippen LogP contribution in [0.3, 0.4) is 0 Å². The van der Waals surface area contributed by atoms with Crippen molar-refractivity contribution in [2.24, 2.45) is 0 Å². The number of carbonyl (C=O) groups excluding carboxylic acids is 1. The van der Waals surface area contributed by atoms with Crippen LogP contribution in [0.25, 0.3) is 0 Å². The number of rotatable bonds is 6. The minimum absolute atomic E-state index is 0.0598. The third kappa shape index (κ3) is 4.57. The van der Waals surface area contributed by atoms with Gasteiger partial charge in [0, 0.05) is 12.6 Å². The molecule has 0 aliphatic heterocycles. The molecule has 8 heteroatoms. The Morgan fingerprint density at radius 1 is 1.42 bits per heavy atom. The lowest BCUT2D eigenvalue weighted by atomic mass is 10.4. The van der Waals surface area contributed by atoms with Crippen molar-refractivity contribution in [3.8, 4) is 6.01 Å². The third-order valence-corrected chi connectivity index (χ3v) is 2.25. The Balaban J connectivity index is 2.84. The molecule has 0 aliphatic rings. The van der Waals surface area contributed by atoms with Crippen LogP contribution in [-0.4, -0.2) is 47.1 Å². The second kappa shape index (κ2) is 6.72. The topological polar surface area (TPSA) is 106 Å². The van der Waals surface area contributed by atoms with Crippen LogP contribution in [-0.2, 0) is 4.79 Å². The maximum absolute atomic E-state index is 11.7. The summed E-state index contributed by atoms with van der Waals surface area (Å²) in [5.74, 6) is 0.283. The lowest BCUT2D eigenvalue weighted by Crippen LogP contribution is -2.40. The van der Waals surface area contributed by atoms with E-state index in [9.17, 15) is 4.79 Å². The van der Waals surface area contributed by atoms with Gasteiger partial charge in [-0.15, -0.1) is 0 Å². The second-order valence-corrected chi connectivity index (χ2v) is 4.22. The van der Waals surface area contributed by atoms with Crippen LogP contribution in [0.4, 0.5) is 11.9 Å². The summed E-state index contributed by atoms with van der Waals surface area (Å²) in [6.45, 7) is 6.42. The fourth-order valence-corrected chi connectivity index (χ4v) is 1.46. The molecular formula is C11H20N6O2. The second-order valence-electron chi connectivity index (χ2n) is 4.22. The molecule has 19 heavy (non-hydrogen) atoms. The summed E-state index contributed by atoms with van der Waals surface area (Å²) in [4.78, 5) is 25.3. The molecule has 0 fully saturated rings. The molecule has 3 N–H and O–H groups in total. The van der Waals surface area contributed by atoms with E-state index in [2.05, 4.69) is 20.3 Å². The van der Waals surface area contributed by atoms with Crippen LogP contribution in [0.15, 0.2) is 0 Å². The summed E-state index contributed by atoms with van der Waals surface area (Å²) >= 11 is 0. The Morgan fingerprint density at radius 2 is 2.11 bits per heavy atom. The number of nitrogens with two attached hydrogens (primary N) is 1. The normalized spacial score (nSPS) is 10.4. The van der Waals surface area contributed by atoms with Gasteiger partial charge in [-0.25, -0.2) is 0 Å². The predicted molar refractivity (Wildman–Crippen MR) is 72.0 cm³/mol. The van der Waals surface area contributed by atoms with Gasteiger partial charge < -0.3 is 20.7 Å². The van der Waals surface area contributed by atoms with E-state index in [0.29, 0.717) is 12.5 Å². The van der Waals surface area contributed by atoms with Crippen molar-refractivity contribution in [1.29, 1.82) is 0 Å². The SMILES string of the molecule is CCN(CC(=O)NC(C)C)c1nc(N)nc(OC)n1. The highest BCUT2D eigenvalue weighted by Gasteiger charge is 2.15. The summed E-state index contributed by atoms with van der Waals surface area (Å²) < 4.78 is 4.93. The molecule has 0 atom stereocenters. The number of hydrogen-bond acceptors (Lipinski definition) is 7. The van der Waals surface area contributed by atoms with Gasteiger partial charge in [0.05, 0.1) is 13.7 Å². The maximum atomic E-state index is 11.7. The number of aromatic nitrogens is 3. The Morgan fingerprint density at radius 3 is 2.63 bits per heavy atom. The Hall–Kier alpha value is -2.12. The van der Waals surface area contributed by atoms with Gasteiger partial charge in [0.15, 0.2) is 0 Å². The van der Waals surface area contributed by atoms with Crippen LogP contribution in [0.2, 0.25) is 0 Å². The summed E-state index contributed by atoms with van der Waals surface area (Å²) in [7, 11) is 1.44. The van der Waals surface area contributed by atoms with Crippen molar-refractivity contribution in [3.63, 3.8) is 0 Å². The Labute approximate surface area is 112 Å². The molecule has 0 saturated heterocycles. The van der Waals surface area contributed by atoms with Crippen LogP contribution in [0.5, 0.6) is 6.01 Å². The van der Waals surface area contributed by atoms with Crippen molar-refractivity contribution in [2.75, 3.05) is 30.8 Å². The number of amides is 1. The van der Waals surface area contributed by atoms with E-state index >= 15 is 0 Å². The fraction of sp³-hybridized carbons (Fsp3) is 0.636. The average molecular weight is 268 g/mol. The smallest absolute Gasteiger partial charge is 0.322 e. The number of methoxy groups -OCH3 is 1. The van der Waals surface area contributed by atoms with E-state index < -0.39 is 0 Å². The van der Waals surface area contributed by atoms with E-state index in [1.807, 2.05) is 20.8 Å². The molecule has 106 valence electrons. The van der Waals surface area contributed by atoms with E-state index in [-0.39, 0.29) is 30.5 Å². The highest BCUT2D eigenvalue weighted by molar-refractivity contribution is 5.81. The van der Waals surface area contributed by atoms with Gasteiger partial charge in [0.2, 0.25) is 17.8 Å². The van der Waals surface area contributed by atoms with Crippen molar-refractivity contribution in [2.45, 2.75) is 26.8 Å². The van der Waals surface area contributed by atoms with Gasteiger partial charge in [-0.2, -0.15) is 15.0 Å². The number of hydrogen-bond donors (Lipinski definition) is 2. The van der Waals surface area contributed by atoms with Gasteiger partial charge in [-0.3, -0.25) is 4.79 Å². The van der Waals surface area contributed by atoms with Gasteiger partial charge >= 0.3 is 6.01 Å². The summed E-state index contributed by atoms with van der Waals surface area (Å²) in [5, 5.41) is 2.81. The van der Waals surface area contributed by atoms with Gasteiger partial charge in [0.1, 0.15) is 0 Å². The first-order valence-corrected chi connectivity index (χ1v) is 6.06. The maximum Gasteiger partial charge on any atom is 0.322 e. The quantitative estimate of drug-likeness (QED) is 0.736. The van der Waals surface area contributed by atoms with Crippen molar-refractivity contribution in [1.82, 2.24) is 20.3 Å². The van der Waals surface area contributed by atoms with E-state index in [1.54, 1.807) is 4.90 Å². The molecule has 0 unspecified atom stereocenters. The first-order chi connectivity index (χ1) is 8.96. The minimum atomic E-state index is -0.102. The first kappa shape index (κ1) is 14.9. The largest absolute Gasteiger partial charge is 0.467 e. The standard InChI is InChI=1S/C11H20N6O2/c1-5-17(6-8(18)13-7(2)3)10-14-9(12)15-11(16-10)19-4/h7H,5-6H2,1-4H3,(H,13,18)(H2,12,14,15,16). The zero-order chi connectivity index (χ0) is 14.4. The zero-order valence-corrected chi connectivity index (χ0v) is 11.7. The third-order valence-electron chi connectivity index (χ3n) is 2.25. The number of carbonyl (C=O) groups is 1. The van der Waals surface area contributed by atoms with Crippen LogP contribution >= 0.6 is 0 Å². The minimum Gasteiger partial charge on any atom is -0.467 e. The molecule has 0 aliphatic carbocycles. The molecule has 0 spiro atoms. The molecule has 0 bridgehead atoms. The van der Waals surface area contributed by atoms with E-state index in [4.69, 9.17) is 10.5 Å². The van der Waals surface area contributed by atoms with Crippen molar-refractivity contribution in [3.05, 3.63) is 0 Å². The van der Waals surface area contributed by atoms with Crippen molar-refractivity contribution < 1.29 is 9.53 Å². The van der Waals surface area contributed by atoms with Crippen molar-refractivity contribution >= 4 is 17.8 Å². The number of ether oxygens (including phenoxy) is 1. The van der Waals surface area contributed by atoms with Gasteiger partial charge in [-0.1, -0.05) is 0 Å².